The maximum absolute atomic E-state index is 11.8. The zero-order valence-electron chi connectivity index (χ0n) is 13.3. The molecule has 6 heteroatoms. The highest BCUT2D eigenvalue weighted by Crippen LogP contribution is 2.22. The van der Waals surface area contributed by atoms with Gasteiger partial charge in [0.05, 0.1) is 10.7 Å². The molecule has 0 aliphatic heterocycles. The second kappa shape index (κ2) is 7.36. The van der Waals surface area contributed by atoms with Crippen LogP contribution in [0.2, 0.25) is 5.02 Å². The maximum Gasteiger partial charge on any atom is 0.257 e. The summed E-state index contributed by atoms with van der Waals surface area (Å²) in [6.45, 7) is 2.48. The van der Waals surface area contributed by atoms with E-state index in [0.717, 1.165) is 17.0 Å². The van der Waals surface area contributed by atoms with Gasteiger partial charge in [0.15, 0.2) is 6.61 Å². The Hall–Kier alpha value is -2.53. The largest absolute Gasteiger partial charge is 0.482 e. The number of imidazole rings is 1. The molecule has 0 radical (unpaired) electrons. The fourth-order valence-corrected chi connectivity index (χ4v) is 2.60. The molecule has 1 N–H and O–H groups in total. The Balaban J connectivity index is 1.48. The Bertz CT molecular complexity index is 860. The number of halogens is 1. The lowest BCUT2D eigenvalue weighted by Crippen LogP contribution is -2.30. The van der Waals surface area contributed by atoms with Gasteiger partial charge in [0.25, 0.3) is 5.91 Å². The average Bonchev–Trinajstić information content (AvgIpc) is 2.98. The molecule has 0 saturated heterocycles. The smallest absolute Gasteiger partial charge is 0.257 e. The van der Waals surface area contributed by atoms with E-state index in [4.69, 9.17) is 16.3 Å². The van der Waals surface area contributed by atoms with E-state index in [1.54, 1.807) is 12.1 Å². The van der Waals surface area contributed by atoms with Crippen LogP contribution < -0.4 is 10.1 Å². The minimum atomic E-state index is -0.185. The first kappa shape index (κ1) is 16.3. The summed E-state index contributed by atoms with van der Waals surface area (Å²) in [7, 11) is 0. The van der Waals surface area contributed by atoms with Gasteiger partial charge in [-0.3, -0.25) is 4.79 Å². The van der Waals surface area contributed by atoms with Gasteiger partial charge in [-0.05, 0) is 31.2 Å². The number of aryl methyl sites for hydroxylation is 1. The van der Waals surface area contributed by atoms with E-state index in [9.17, 15) is 4.79 Å². The standard InChI is InChI=1S/C18H18ClN3O2/c1-13-5-4-8-17-21-14(11-22(13)17)9-10-20-18(23)12-24-16-7-3-2-6-15(16)19/h2-8,11H,9-10,12H2,1H3,(H,20,23). The van der Waals surface area contributed by atoms with Gasteiger partial charge in [-0.15, -0.1) is 0 Å². The average molecular weight is 344 g/mol. The van der Waals surface area contributed by atoms with Gasteiger partial charge in [-0.2, -0.15) is 0 Å². The summed E-state index contributed by atoms with van der Waals surface area (Å²) in [4.78, 5) is 16.4. The Kier molecular flexibility index (Phi) is 5.01. The van der Waals surface area contributed by atoms with Gasteiger partial charge in [0.2, 0.25) is 0 Å². The van der Waals surface area contributed by atoms with Crippen LogP contribution in [0.1, 0.15) is 11.4 Å². The predicted molar refractivity (Wildman–Crippen MR) is 93.6 cm³/mol. The number of amides is 1. The van der Waals surface area contributed by atoms with Crippen molar-refractivity contribution in [1.82, 2.24) is 14.7 Å². The van der Waals surface area contributed by atoms with E-state index >= 15 is 0 Å². The van der Waals surface area contributed by atoms with Crippen molar-refractivity contribution in [3.05, 3.63) is 65.1 Å². The van der Waals surface area contributed by atoms with Crippen LogP contribution in [0.3, 0.4) is 0 Å². The second-order valence-corrected chi connectivity index (χ2v) is 5.85. The summed E-state index contributed by atoms with van der Waals surface area (Å²) in [6, 6.07) is 13.1. The number of rotatable bonds is 6. The first-order valence-electron chi connectivity index (χ1n) is 7.71. The van der Waals surface area contributed by atoms with Gasteiger partial charge in [-0.1, -0.05) is 29.8 Å². The SMILES string of the molecule is Cc1cccc2nc(CCNC(=O)COc3ccccc3Cl)cn12. The van der Waals surface area contributed by atoms with E-state index in [-0.39, 0.29) is 12.5 Å². The van der Waals surface area contributed by atoms with Crippen molar-refractivity contribution in [1.29, 1.82) is 0 Å². The van der Waals surface area contributed by atoms with E-state index in [0.29, 0.717) is 23.7 Å². The summed E-state index contributed by atoms with van der Waals surface area (Å²) in [5.41, 5.74) is 2.98. The van der Waals surface area contributed by atoms with Crippen LogP contribution >= 0.6 is 11.6 Å². The monoisotopic (exact) mass is 343 g/mol. The number of ether oxygens (including phenoxy) is 1. The number of pyridine rings is 1. The number of aromatic nitrogens is 2. The lowest BCUT2D eigenvalue weighted by Gasteiger charge is -2.08. The maximum atomic E-state index is 11.8. The molecule has 3 aromatic rings. The molecular formula is C18H18ClN3O2. The molecule has 0 aliphatic rings. The van der Waals surface area contributed by atoms with Crippen molar-refractivity contribution in [2.75, 3.05) is 13.2 Å². The quantitative estimate of drug-likeness (QED) is 0.748. The lowest BCUT2D eigenvalue weighted by molar-refractivity contribution is -0.123. The van der Waals surface area contributed by atoms with Crippen LogP contribution in [-0.4, -0.2) is 28.4 Å². The van der Waals surface area contributed by atoms with Crippen LogP contribution in [0.5, 0.6) is 5.75 Å². The van der Waals surface area contributed by atoms with Gasteiger partial charge >= 0.3 is 0 Å². The number of para-hydroxylation sites is 1. The minimum absolute atomic E-state index is 0.0615. The highest BCUT2D eigenvalue weighted by molar-refractivity contribution is 6.32. The molecule has 24 heavy (non-hydrogen) atoms. The zero-order chi connectivity index (χ0) is 16.9. The number of hydrogen-bond acceptors (Lipinski definition) is 3. The lowest BCUT2D eigenvalue weighted by atomic mass is 10.3. The van der Waals surface area contributed by atoms with E-state index in [1.807, 2.05) is 47.9 Å². The summed E-state index contributed by atoms with van der Waals surface area (Å²) in [5, 5.41) is 3.31. The third-order valence-corrected chi connectivity index (χ3v) is 3.96. The Morgan fingerprint density at radius 1 is 1.25 bits per heavy atom. The first-order chi connectivity index (χ1) is 11.6. The third-order valence-electron chi connectivity index (χ3n) is 3.64. The molecule has 0 saturated carbocycles. The highest BCUT2D eigenvalue weighted by Gasteiger charge is 2.07. The number of hydrogen-bond donors (Lipinski definition) is 1. The fraction of sp³-hybridized carbons (Fsp3) is 0.222. The molecule has 0 spiro atoms. The highest BCUT2D eigenvalue weighted by atomic mass is 35.5. The van der Waals surface area contributed by atoms with Gasteiger partial charge in [-0.25, -0.2) is 4.98 Å². The first-order valence-corrected chi connectivity index (χ1v) is 8.09. The van der Waals surface area contributed by atoms with Gasteiger partial charge in [0.1, 0.15) is 11.4 Å². The molecular weight excluding hydrogens is 326 g/mol. The topological polar surface area (TPSA) is 55.6 Å². The molecule has 2 aromatic heterocycles. The van der Waals surface area contributed by atoms with E-state index in [1.165, 1.54) is 0 Å². The van der Waals surface area contributed by atoms with Crippen molar-refractivity contribution < 1.29 is 9.53 Å². The Morgan fingerprint density at radius 3 is 2.88 bits per heavy atom. The van der Waals surface area contributed by atoms with Crippen molar-refractivity contribution in [2.45, 2.75) is 13.3 Å². The predicted octanol–water partition coefficient (Wildman–Crippen LogP) is 3.03. The zero-order valence-corrected chi connectivity index (χ0v) is 14.1. The molecule has 124 valence electrons. The van der Waals surface area contributed by atoms with E-state index < -0.39 is 0 Å². The molecule has 5 nitrogen and oxygen atoms in total. The minimum Gasteiger partial charge on any atom is -0.482 e. The summed E-state index contributed by atoms with van der Waals surface area (Å²) in [5.74, 6) is 0.319. The van der Waals surface area contributed by atoms with Crippen LogP contribution in [-0.2, 0) is 11.2 Å². The van der Waals surface area contributed by atoms with Crippen molar-refractivity contribution >= 4 is 23.2 Å². The summed E-state index contributed by atoms with van der Waals surface area (Å²) in [6.07, 6.45) is 2.66. The number of benzene rings is 1. The van der Waals surface area contributed by atoms with Crippen molar-refractivity contribution in [3.63, 3.8) is 0 Å². The number of nitrogens with zero attached hydrogens (tertiary/aromatic N) is 2. The molecule has 0 aliphatic carbocycles. The van der Waals surface area contributed by atoms with Crippen LogP contribution in [0.25, 0.3) is 5.65 Å². The molecule has 0 fully saturated rings. The van der Waals surface area contributed by atoms with Gasteiger partial charge in [0, 0.05) is 24.9 Å². The molecule has 0 unspecified atom stereocenters. The number of nitrogens with one attached hydrogen (secondary N) is 1. The summed E-state index contributed by atoms with van der Waals surface area (Å²) >= 11 is 5.98. The van der Waals surface area contributed by atoms with Crippen LogP contribution in [0.4, 0.5) is 0 Å². The second-order valence-electron chi connectivity index (χ2n) is 5.45. The fourth-order valence-electron chi connectivity index (χ4n) is 2.41. The molecule has 3 rings (SSSR count). The van der Waals surface area contributed by atoms with Crippen LogP contribution in [0, 0.1) is 6.92 Å². The van der Waals surface area contributed by atoms with Gasteiger partial charge < -0.3 is 14.5 Å². The molecule has 1 amide bonds. The van der Waals surface area contributed by atoms with E-state index in [2.05, 4.69) is 10.3 Å². The molecule has 2 heterocycles. The van der Waals surface area contributed by atoms with Crippen molar-refractivity contribution in [2.24, 2.45) is 0 Å². The molecule has 0 atom stereocenters. The number of carbonyl (C=O) groups excluding carboxylic acids is 1. The molecule has 0 bridgehead atoms. The Morgan fingerprint density at radius 2 is 2.08 bits per heavy atom. The van der Waals surface area contributed by atoms with Crippen molar-refractivity contribution in [3.8, 4) is 5.75 Å². The molecule has 1 aromatic carbocycles. The van der Waals surface area contributed by atoms with Crippen LogP contribution in [0.15, 0.2) is 48.7 Å². The third kappa shape index (κ3) is 3.86. The number of fused-ring (bicyclic) bond motifs is 1. The Labute approximate surface area is 145 Å². The summed E-state index contributed by atoms with van der Waals surface area (Å²) < 4.78 is 7.44. The normalized spacial score (nSPS) is 10.8. The number of carbonyl (C=O) groups is 1.